The van der Waals surface area contributed by atoms with Crippen LogP contribution < -0.4 is 0 Å². The first-order valence-electron chi connectivity index (χ1n) is 9.84. The predicted molar refractivity (Wildman–Crippen MR) is 104 cm³/mol. The summed E-state index contributed by atoms with van der Waals surface area (Å²) in [7, 11) is 0. The van der Waals surface area contributed by atoms with Crippen molar-refractivity contribution in [1.82, 2.24) is 9.80 Å². The summed E-state index contributed by atoms with van der Waals surface area (Å²) in [6.45, 7) is 4.38. The Bertz CT molecular complexity index is 625. The van der Waals surface area contributed by atoms with Crippen molar-refractivity contribution < 1.29 is 9.90 Å². The summed E-state index contributed by atoms with van der Waals surface area (Å²) in [6, 6.07) is 9.55. The molecule has 3 rings (SSSR count). The Balaban J connectivity index is 1.73. The average Bonchev–Trinajstić information content (AvgIpc) is 2.70. The number of Topliss-reactive ketones (excluding diaryl/α,β-unsaturated/α-hetero) is 1. The van der Waals surface area contributed by atoms with E-state index in [1.165, 1.54) is 6.42 Å². The summed E-state index contributed by atoms with van der Waals surface area (Å²) in [5, 5.41) is 11.6. The molecule has 1 unspecified atom stereocenters. The molecule has 1 aliphatic carbocycles. The highest BCUT2D eigenvalue weighted by Gasteiger charge is 2.45. The van der Waals surface area contributed by atoms with E-state index in [-0.39, 0.29) is 11.7 Å². The Labute approximate surface area is 157 Å². The highest BCUT2D eigenvalue weighted by molar-refractivity contribution is 5.90. The van der Waals surface area contributed by atoms with Gasteiger partial charge < -0.3 is 5.11 Å². The van der Waals surface area contributed by atoms with Crippen LogP contribution in [0.25, 0.3) is 0 Å². The van der Waals surface area contributed by atoms with Crippen LogP contribution in [0.5, 0.6) is 0 Å². The number of carbonyl (C=O) groups is 1. The zero-order chi connectivity index (χ0) is 18.4. The zero-order valence-corrected chi connectivity index (χ0v) is 15.6. The molecule has 1 aromatic carbocycles. The first-order chi connectivity index (χ1) is 12.6. The number of hydrogen-bond acceptors (Lipinski definition) is 4. The average molecular weight is 354 g/mol. The molecule has 0 amide bonds. The Morgan fingerprint density at radius 3 is 2.31 bits per heavy atom. The van der Waals surface area contributed by atoms with E-state index in [2.05, 4.69) is 15.7 Å². The number of carbonyl (C=O) groups excluding carboxylic acids is 1. The quantitative estimate of drug-likeness (QED) is 0.796. The Morgan fingerprint density at radius 2 is 1.69 bits per heavy atom. The van der Waals surface area contributed by atoms with E-state index >= 15 is 0 Å². The van der Waals surface area contributed by atoms with Crippen LogP contribution in [0.15, 0.2) is 30.3 Å². The summed E-state index contributed by atoms with van der Waals surface area (Å²) >= 11 is 0. The monoisotopic (exact) mass is 354 g/mol. The normalized spacial score (nSPS) is 22.5. The minimum absolute atomic E-state index is 0.0221. The minimum atomic E-state index is -1.36. The molecule has 2 aliphatic rings. The minimum Gasteiger partial charge on any atom is -0.377 e. The molecule has 140 valence electrons. The molecule has 0 aromatic heterocycles. The molecule has 26 heavy (non-hydrogen) atoms. The third kappa shape index (κ3) is 4.17. The van der Waals surface area contributed by atoms with Crippen molar-refractivity contribution in [2.45, 2.75) is 37.7 Å². The maximum Gasteiger partial charge on any atom is 0.183 e. The van der Waals surface area contributed by atoms with Crippen molar-refractivity contribution in [2.24, 2.45) is 5.92 Å². The van der Waals surface area contributed by atoms with E-state index < -0.39 is 5.60 Å². The fraction of sp³-hybridized carbons (Fsp3) is 0.591. The Kier molecular flexibility index (Phi) is 6.48. The Morgan fingerprint density at radius 1 is 1.08 bits per heavy atom. The van der Waals surface area contributed by atoms with E-state index in [0.29, 0.717) is 13.1 Å². The van der Waals surface area contributed by atoms with Gasteiger partial charge in [0.05, 0.1) is 13.1 Å². The van der Waals surface area contributed by atoms with Crippen molar-refractivity contribution in [1.29, 1.82) is 0 Å². The van der Waals surface area contributed by atoms with Gasteiger partial charge in [-0.2, -0.15) is 0 Å². The largest absolute Gasteiger partial charge is 0.377 e. The van der Waals surface area contributed by atoms with Gasteiger partial charge >= 0.3 is 0 Å². The van der Waals surface area contributed by atoms with Gasteiger partial charge in [-0.3, -0.25) is 14.6 Å². The lowest BCUT2D eigenvalue weighted by atomic mass is 9.71. The standard InChI is InChI=1S/C22H30N2O2/c1-2-13-23-14-16-24(17-15-23)18-21(25)22(26,19-9-5-3-6-10-19)20-11-7-4-8-12-20/h1,3,5-6,9-10,20,26H,4,7-8,11-18H2. The lowest BCUT2D eigenvalue weighted by Gasteiger charge is -2.40. The predicted octanol–water partition coefficient (Wildman–Crippen LogP) is 2.27. The molecule has 1 saturated heterocycles. The summed E-state index contributed by atoms with van der Waals surface area (Å²) < 4.78 is 0. The molecular weight excluding hydrogens is 324 g/mol. The number of piperazine rings is 1. The molecule has 1 atom stereocenters. The Hall–Kier alpha value is -1.67. The number of hydrogen-bond donors (Lipinski definition) is 1. The maximum atomic E-state index is 13.3. The van der Waals surface area contributed by atoms with Crippen molar-refractivity contribution in [2.75, 3.05) is 39.3 Å². The van der Waals surface area contributed by atoms with Crippen LogP contribution >= 0.6 is 0 Å². The molecular formula is C22H30N2O2. The molecule has 0 bridgehead atoms. The van der Waals surface area contributed by atoms with Gasteiger partial charge in [-0.15, -0.1) is 6.42 Å². The molecule has 1 heterocycles. The second-order valence-electron chi connectivity index (χ2n) is 7.65. The van der Waals surface area contributed by atoms with Crippen LogP contribution in [0.2, 0.25) is 0 Å². The summed E-state index contributed by atoms with van der Waals surface area (Å²) in [5.74, 6) is 2.65. The maximum absolute atomic E-state index is 13.3. The summed E-state index contributed by atoms with van der Waals surface area (Å²) in [6.07, 6.45) is 10.6. The van der Waals surface area contributed by atoms with Gasteiger partial charge in [-0.25, -0.2) is 0 Å². The van der Waals surface area contributed by atoms with E-state index in [9.17, 15) is 9.90 Å². The van der Waals surface area contributed by atoms with Gasteiger partial charge in [0.25, 0.3) is 0 Å². The summed E-state index contributed by atoms with van der Waals surface area (Å²) in [4.78, 5) is 17.7. The lowest BCUT2D eigenvalue weighted by Crippen LogP contribution is -2.53. The second-order valence-corrected chi connectivity index (χ2v) is 7.65. The first-order valence-corrected chi connectivity index (χ1v) is 9.84. The molecule has 0 spiro atoms. The first kappa shape index (κ1) is 19.1. The van der Waals surface area contributed by atoms with Gasteiger partial charge in [0.2, 0.25) is 0 Å². The van der Waals surface area contributed by atoms with Crippen molar-refractivity contribution >= 4 is 5.78 Å². The van der Waals surface area contributed by atoms with Crippen molar-refractivity contribution in [3.8, 4) is 12.3 Å². The lowest BCUT2D eigenvalue weighted by molar-refractivity contribution is -0.148. The molecule has 1 aliphatic heterocycles. The highest BCUT2D eigenvalue weighted by Crippen LogP contribution is 2.40. The highest BCUT2D eigenvalue weighted by atomic mass is 16.3. The van der Waals surface area contributed by atoms with Gasteiger partial charge in [0, 0.05) is 26.2 Å². The van der Waals surface area contributed by atoms with E-state index in [4.69, 9.17) is 6.42 Å². The van der Waals surface area contributed by atoms with Gasteiger partial charge in [0.1, 0.15) is 0 Å². The molecule has 1 N–H and O–H groups in total. The van der Waals surface area contributed by atoms with Crippen LogP contribution in [-0.2, 0) is 10.4 Å². The molecule has 1 aromatic rings. The van der Waals surface area contributed by atoms with Gasteiger partial charge in [-0.05, 0) is 24.3 Å². The van der Waals surface area contributed by atoms with Crippen LogP contribution in [0.3, 0.4) is 0 Å². The van der Waals surface area contributed by atoms with Crippen molar-refractivity contribution in [3.05, 3.63) is 35.9 Å². The number of ketones is 1. The van der Waals surface area contributed by atoms with Gasteiger partial charge in [0.15, 0.2) is 11.4 Å². The fourth-order valence-corrected chi connectivity index (χ4v) is 4.40. The number of rotatable bonds is 6. The molecule has 2 fully saturated rings. The summed E-state index contributed by atoms with van der Waals surface area (Å²) in [5.41, 5.74) is -0.611. The van der Waals surface area contributed by atoms with Gasteiger partial charge in [-0.1, -0.05) is 55.5 Å². The number of terminal acetylenes is 1. The van der Waals surface area contributed by atoms with Crippen LogP contribution in [0.4, 0.5) is 0 Å². The van der Waals surface area contributed by atoms with Crippen LogP contribution in [-0.4, -0.2) is 60.0 Å². The molecule has 0 radical (unpaired) electrons. The zero-order valence-electron chi connectivity index (χ0n) is 15.6. The topological polar surface area (TPSA) is 43.8 Å². The molecule has 1 saturated carbocycles. The van der Waals surface area contributed by atoms with Crippen LogP contribution in [0.1, 0.15) is 37.7 Å². The number of nitrogens with zero attached hydrogens (tertiary/aromatic N) is 2. The van der Waals surface area contributed by atoms with E-state index in [1.54, 1.807) is 0 Å². The third-order valence-electron chi connectivity index (χ3n) is 5.98. The number of aliphatic hydroxyl groups is 1. The van der Waals surface area contributed by atoms with Crippen LogP contribution in [0, 0.1) is 18.3 Å². The third-order valence-corrected chi connectivity index (χ3v) is 5.98. The number of benzene rings is 1. The molecule has 4 nitrogen and oxygen atoms in total. The SMILES string of the molecule is C#CCN1CCN(CC(=O)C(O)(c2ccccc2)C2CCCCC2)CC1. The smallest absolute Gasteiger partial charge is 0.183 e. The second kappa shape index (κ2) is 8.81. The van der Waals surface area contributed by atoms with E-state index in [1.807, 2.05) is 30.3 Å². The van der Waals surface area contributed by atoms with E-state index in [0.717, 1.165) is 57.4 Å². The molecule has 4 heteroatoms. The van der Waals surface area contributed by atoms with Crippen molar-refractivity contribution in [3.63, 3.8) is 0 Å². The fourth-order valence-electron chi connectivity index (χ4n) is 4.40.